The zero-order valence-corrected chi connectivity index (χ0v) is 21.0. The van der Waals surface area contributed by atoms with Crippen molar-refractivity contribution in [2.75, 3.05) is 18.6 Å². The predicted molar refractivity (Wildman–Crippen MR) is 134 cm³/mol. The molecule has 4 heterocycles. The number of carboxylic acid groups (broad SMARTS) is 1. The number of pyridine rings is 1. The fraction of sp³-hybridized carbons (Fsp3) is 0.391. The maximum absolute atomic E-state index is 13.0. The van der Waals surface area contributed by atoms with Crippen LogP contribution in [0.25, 0.3) is 0 Å². The smallest absolute Gasteiger partial charge is 0.352 e. The molecule has 0 spiro atoms. The van der Waals surface area contributed by atoms with Crippen molar-refractivity contribution >= 4 is 51.7 Å². The Kier molecular flexibility index (Phi) is 6.67. The third-order valence-corrected chi connectivity index (χ3v) is 8.34. The molecule has 5 rings (SSSR count). The van der Waals surface area contributed by atoms with Crippen LogP contribution in [0.15, 0.2) is 33.9 Å². The van der Waals surface area contributed by atoms with E-state index in [1.54, 1.807) is 5.38 Å². The number of amides is 2. The van der Waals surface area contributed by atoms with Crippen molar-refractivity contribution in [2.24, 2.45) is 5.16 Å². The van der Waals surface area contributed by atoms with Crippen molar-refractivity contribution in [3.05, 3.63) is 51.4 Å². The maximum Gasteiger partial charge on any atom is 0.352 e. The highest BCUT2D eigenvalue weighted by atomic mass is 32.2. The number of hydrogen-bond donors (Lipinski definition) is 3. The van der Waals surface area contributed by atoms with E-state index in [0.29, 0.717) is 17.7 Å². The summed E-state index contributed by atoms with van der Waals surface area (Å²) < 4.78 is 0. The number of anilines is 1. The van der Waals surface area contributed by atoms with Crippen molar-refractivity contribution in [1.82, 2.24) is 20.2 Å². The van der Waals surface area contributed by atoms with E-state index in [4.69, 9.17) is 15.6 Å². The number of thioether (sulfide) groups is 1. The molecule has 0 saturated carbocycles. The molecule has 2 aromatic rings. The van der Waals surface area contributed by atoms with Gasteiger partial charge in [-0.25, -0.2) is 9.78 Å². The summed E-state index contributed by atoms with van der Waals surface area (Å²) in [6, 6.07) is 3.11. The number of β-lactam (4-membered cyclic amide) rings is 1. The Hall–Kier alpha value is -3.45. The van der Waals surface area contributed by atoms with Crippen LogP contribution in [0.4, 0.5) is 5.13 Å². The highest BCUT2D eigenvalue weighted by Gasteiger charge is 2.54. The summed E-state index contributed by atoms with van der Waals surface area (Å²) in [6.07, 6.45) is 4.56. The number of nitrogen functional groups attached to an aromatic ring is 1. The third-order valence-electron chi connectivity index (χ3n) is 6.33. The zero-order valence-electron chi connectivity index (χ0n) is 19.4. The van der Waals surface area contributed by atoms with Crippen LogP contribution in [0.2, 0.25) is 0 Å². The molecule has 0 aromatic carbocycles. The van der Waals surface area contributed by atoms with Crippen LogP contribution in [0.5, 0.6) is 0 Å². The van der Waals surface area contributed by atoms with Gasteiger partial charge in [0.15, 0.2) is 10.8 Å². The monoisotopic (exact) mass is 528 g/mol. The Balaban J connectivity index is 1.34. The van der Waals surface area contributed by atoms with Gasteiger partial charge in [-0.1, -0.05) is 11.2 Å². The van der Waals surface area contributed by atoms with Gasteiger partial charge in [0, 0.05) is 28.9 Å². The van der Waals surface area contributed by atoms with E-state index in [-0.39, 0.29) is 22.2 Å². The average Bonchev–Trinajstić information content (AvgIpc) is 3.30. The fourth-order valence-electron chi connectivity index (χ4n) is 4.67. The number of aromatic nitrogens is 2. The number of thiazole rings is 1. The van der Waals surface area contributed by atoms with Crippen LogP contribution in [0.1, 0.15) is 35.5 Å². The quantitative estimate of drug-likeness (QED) is 0.274. The summed E-state index contributed by atoms with van der Waals surface area (Å²) in [5.74, 6) is -1.93. The second-order valence-electron chi connectivity index (χ2n) is 8.60. The van der Waals surface area contributed by atoms with Gasteiger partial charge in [-0.3, -0.25) is 19.5 Å². The van der Waals surface area contributed by atoms with Gasteiger partial charge in [-0.05, 0) is 42.9 Å². The molecule has 3 aliphatic rings. The number of nitrogens with two attached hydrogens (primary N) is 1. The molecule has 2 amide bonds. The van der Waals surface area contributed by atoms with Gasteiger partial charge in [-0.15, -0.1) is 23.1 Å². The molecule has 13 heteroatoms. The van der Waals surface area contributed by atoms with E-state index >= 15 is 0 Å². The first kappa shape index (κ1) is 24.3. The molecule has 0 unspecified atom stereocenters. The minimum atomic E-state index is -1.18. The Morgan fingerprint density at radius 1 is 1.31 bits per heavy atom. The van der Waals surface area contributed by atoms with Gasteiger partial charge in [0.1, 0.15) is 29.9 Å². The van der Waals surface area contributed by atoms with Crippen LogP contribution >= 0.6 is 23.1 Å². The van der Waals surface area contributed by atoms with E-state index in [0.717, 1.165) is 48.4 Å². The topological polar surface area (TPSA) is 160 Å². The van der Waals surface area contributed by atoms with Gasteiger partial charge in [0.25, 0.3) is 11.8 Å². The molecule has 36 heavy (non-hydrogen) atoms. The molecule has 1 aliphatic carbocycles. The van der Waals surface area contributed by atoms with Gasteiger partial charge in [0.2, 0.25) is 0 Å². The fourth-order valence-corrected chi connectivity index (χ4v) is 6.56. The Bertz CT molecular complexity index is 1310. The predicted octanol–water partition coefficient (Wildman–Crippen LogP) is 1.33. The number of oxime groups is 1. The number of fused-ring (bicyclic) bond motifs is 2. The lowest BCUT2D eigenvalue weighted by atomic mass is 9.95. The second-order valence-corrected chi connectivity index (χ2v) is 10.6. The second kappa shape index (κ2) is 9.90. The first-order valence-corrected chi connectivity index (χ1v) is 13.3. The maximum atomic E-state index is 13.0. The minimum absolute atomic E-state index is 0.0353. The van der Waals surface area contributed by atoms with Gasteiger partial charge in [0.05, 0.1) is 0 Å². The summed E-state index contributed by atoms with van der Waals surface area (Å²) >= 11 is 2.55. The van der Waals surface area contributed by atoms with Crippen LogP contribution in [0.3, 0.4) is 0 Å². The number of nitrogens with zero attached hydrogens (tertiary/aromatic N) is 4. The highest BCUT2D eigenvalue weighted by Crippen LogP contribution is 2.41. The van der Waals surface area contributed by atoms with Gasteiger partial charge >= 0.3 is 5.97 Å². The van der Waals surface area contributed by atoms with Crippen LogP contribution < -0.4 is 11.1 Å². The lowest BCUT2D eigenvalue weighted by Gasteiger charge is -2.49. The normalized spacial score (nSPS) is 21.4. The Morgan fingerprint density at radius 3 is 2.83 bits per heavy atom. The molecule has 2 atom stereocenters. The number of nitrogens with one attached hydrogen (secondary N) is 1. The summed E-state index contributed by atoms with van der Waals surface area (Å²) in [5, 5.41) is 17.6. The number of hydrogen-bond acceptors (Lipinski definition) is 10. The molecule has 11 nitrogen and oxygen atoms in total. The lowest BCUT2D eigenvalue weighted by molar-refractivity contribution is -0.150. The molecule has 2 aliphatic heterocycles. The highest BCUT2D eigenvalue weighted by molar-refractivity contribution is 8.00. The van der Waals surface area contributed by atoms with Crippen LogP contribution in [-0.4, -0.2) is 67.7 Å². The average molecular weight is 529 g/mol. The molecule has 0 bridgehead atoms. The number of aliphatic carboxylic acids is 1. The number of rotatable bonds is 7. The SMILES string of the molecule is CON=C(C(=O)N[C@@H]1C(=O)N2C(C(=O)O)=C(Cc3ccc4c(n3)CCCC4)CS[C@H]12)c1csc(N)n1. The van der Waals surface area contributed by atoms with E-state index in [2.05, 4.69) is 21.5 Å². The van der Waals surface area contributed by atoms with E-state index in [1.165, 1.54) is 29.3 Å². The van der Waals surface area contributed by atoms with Gasteiger partial charge in [-0.2, -0.15) is 0 Å². The van der Waals surface area contributed by atoms with Crippen LogP contribution in [-0.2, 0) is 38.5 Å². The molecule has 1 fully saturated rings. The number of carbonyl (C=O) groups excluding carboxylic acids is 2. The van der Waals surface area contributed by atoms with Crippen LogP contribution in [0, 0.1) is 0 Å². The van der Waals surface area contributed by atoms with E-state index < -0.39 is 29.2 Å². The molecule has 2 aromatic heterocycles. The summed E-state index contributed by atoms with van der Waals surface area (Å²) in [6.45, 7) is 0. The largest absolute Gasteiger partial charge is 0.477 e. The Labute approximate surface area is 214 Å². The summed E-state index contributed by atoms with van der Waals surface area (Å²) in [7, 11) is 1.29. The van der Waals surface area contributed by atoms with Crippen molar-refractivity contribution in [3.63, 3.8) is 0 Å². The number of carbonyl (C=O) groups is 3. The Morgan fingerprint density at radius 2 is 2.11 bits per heavy atom. The lowest BCUT2D eigenvalue weighted by Crippen LogP contribution is -2.71. The number of aryl methyl sites for hydroxylation is 2. The van der Waals surface area contributed by atoms with Crippen molar-refractivity contribution < 1.29 is 24.3 Å². The summed E-state index contributed by atoms with van der Waals surface area (Å²) in [5.41, 5.74) is 9.48. The summed E-state index contributed by atoms with van der Waals surface area (Å²) in [4.78, 5) is 53.0. The molecule has 0 radical (unpaired) electrons. The van der Waals surface area contributed by atoms with Crippen molar-refractivity contribution in [2.45, 2.75) is 43.5 Å². The molecular weight excluding hydrogens is 504 g/mol. The zero-order chi connectivity index (χ0) is 25.4. The van der Waals surface area contributed by atoms with Crippen molar-refractivity contribution in [3.8, 4) is 0 Å². The minimum Gasteiger partial charge on any atom is -0.477 e. The third kappa shape index (κ3) is 4.44. The van der Waals surface area contributed by atoms with Crippen molar-refractivity contribution in [1.29, 1.82) is 0 Å². The molecular formula is C23H24N6O5S2. The first-order chi connectivity index (χ1) is 17.4. The molecule has 188 valence electrons. The van der Waals surface area contributed by atoms with Gasteiger partial charge < -0.3 is 21.0 Å². The molecule has 1 saturated heterocycles. The van der Waals surface area contributed by atoms with E-state index in [1.807, 2.05) is 6.07 Å². The molecule has 4 N–H and O–H groups in total. The number of carboxylic acids is 1. The first-order valence-electron chi connectivity index (χ1n) is 11.4. The van der Waals surface area contributed by atoms with E-state index in [9.17, 15) is 19.5 Å². The standard InChI is InChI=1S/C23H24N6O5S2/c1-34-28-16(15-10-36-23(24)26-15)19(30)27-17-20(31)29-18(22(32)33)12(9-35-21(17)29)8-13-7-6-11-4-2-3-5-14(11)25-13/h6-7,10,17,21H,2-5,8-9H2,1H3,(H2,24,26)(H,27,30)(H,32,33)/t17-,21-/m1/s1.